The molecule has 3 N–H and O–H groups in total. The van der Waals surface area contributed by atoms with Crippen molar-refractivity contribution >= 4 is 62.6 Å². The van der Waals surface area contributed by atoms with E-state index in [1.165, 1.54) is 54.6 Å². The number of carbonyl (C=O) groups excluding carboxylic acids is 4. The zero-order chi connectivity index (χ0) is 36.7. The summed E-state index contributed by atoms with van der Waals surface area (Å²) in [7, 11) is -4.37. The largest absolute Gasteiger partial charge is 0.483 e. The summed E-state index contributed by atoms with van der Waals surface area (Å²) in [5.41, 5.74) is 0.134. The number of alkyl carbamates (subject to hydrolysis) is 1. The number of nitrogens with one attached hydrogen (secondary N) is 3. The summed E-state index contributed by atoms with van der Waals surface area (Å²) in [6.45, 7) is 9.63. The molecule has 0 aliphatic carbocycles. The first kappa shape index (κ1) is 38.8. The Bertz CT molecular complexity index is 1920. The molecule has 0 saturated heterocycles. The van der Waals surface area contributed by atoms with Gasteiger partial charge in [-0.25, -0.2) is 17.9 Å². The zero-order valence-electron chi connectivity index (χ0n) is 27.6. The molecule has 15 heteroatoms. The maximum atomic E-state index is 13.3. The third-order valence-electron chi connectivity index (χ3n) is 6.57. The van der Waals surface area contributed by atoms with Crippen molar-refractivity contribution in [3.63, 3.8) is 0 Å². The first-order valence-electron chi connectivity index (χ1n) is 14.9. The number of ether oxygens (including phenoxy) is 2. The van der Waals surface area contributed by atoms with Crippen LogP contribution in [0.1, 0.15) is 68.1 Å². The summed E-state index contributed by atoms with van der Waals surface area (Å²) in [6.07, 6.45) is -0.707. The van der Waals surface area contributed by atoms with Crippen molar-refractivity contribution in [2.75, 3.05) is 11.9 Å². The molecular formula is C34H36Cl2N4O8S. The molecule has 1 atom stereocenters. The number of aryl methyl sites for hydroxylation is 1. The van der Waals surface area contributed by atoms with Crippen molar-refractivity contribution in [3.8, 4) is 11.8 Å². The third-order valence-corrected chi connectivity index (χ3v) is 8.36. The highest BCUT2D eigenvalue weighted by molar-refractivity contribution is 7.90. The van der Waals surface area contributed by atoms with Crippen LogP contribution in [0.3, 0.4) is 0 Å². The summed E-state index contributed by atoms with van der Waals surface area (Å²) >= 11 is 12.2. The van der Waals surface area contributed by atoms with Gasteiger partial charge in [-0.1, -0.05) is 37.0 Å². The second-order valence-electron chi connectivity index (χ2n) is 12.4. The van der Waals surface area contributed by atoms with Gasteiger partial charge in [0.15, 0.2) is 12.4 Å². The van der Waals surface area contributed by atoms with Gasteiger partial charge in [-0.3, -0.25) is 14.4 Å². The van der Waals surface area contributed by atoms with Crippen LogP contribution in [0, 0.1) is 24.2 Å². The van der Waals surface area contributed by atoms with E-state index in [-0.39, 0.29) is 55.4 Å². The Balaban J connectivity index is 1.71. The van der Waals surface area contributed by atoms with Crippen molar-refractivity contribution in [1.82, 2.24) is 10.0 Å². The van der Waals surface area contributed by atoms with Crippen LogP contribution in [0.15, 0.2) is 59.5 Å². The van der Waals surface area contributed by atoms with Gasteiger partial charge in [0, 0.05) is 21.3 Å². The van der Waals surface area contributed by atoms with Crippen LogP contribution in [-0.4, -0.2) is 50.4 Å². The summed E-state index contributed by atoms with van der Waals surface area (Å²) in [4.78, 5) is 51.1. The van der Waals surface area contributed by atoms with Gasteiger partial charge in [-0.2, -0.15) is 5.26 Å². The first-order chi connectivity index (χ1) is 22.8. The molecule has 0 fully saturated rings. The number of rotatable bonds is 12. The molecule has 0 aliphatic rings. The number of hydrogen-bond donors (Lipinski definition) is 3. The third kappa shape index (κ3) is 11.5. The fraction of sp³-hybridized carbons (Fsp3) is 0.324. The molecule has 3 rings (SSSR count). The lowest BCUT2D eigenvalue weighted by Crippen LogP contribution is -2.50. The molecule has 3 aromatic rings. The summed E-state index contributed by atoms with van der Waals surface area (Å²) < 4.78 is 39.1. The minimum atomic E-state index is -4.37. The Hall–Kier alpha value is -4.64. The van der Waals surface area contributed by atoms with E-state index in [0.717, 1.165) is 0 Å². The van der Waals surface area contributed by atoms with Gasteiger partial charge in [0.1, 0.15) is 17.4 Å². The van der Waals surface area contributed by atoms with Gasteiger partial charge < -0.3 is 20.1 Å². The molecule has 0 aliphatic heterocycles. The molecule has 0 spiro atoms. The van der Waals surface area contributed by atoms with Gasteiger partial charge in [-0.15, -0.1) is 0 Å². The minimum absolute atomic E-state index is 0.0381. The highest BCUT2D eigenvalue weighted by atomic mass is 35.5. The van der Waals surface area contributed by atoms with E-state index in [1.807, 2.05) is 24.6 Å². The van der Waals surface area contributed by atoms with E-state index in [1.54, 1.807) is 27.7 Å². The lowest BCUT2D eigenvalue weighted by molar-refractivity contribution is -0.121. The van der Waals surface area contributed by atoms with Gasteiger partial charge in [-0.05, 0) is 100 Å². The number of carbonyl (C=O) groups is 4. The highest BCUT2D eigenvalue weighted by Crippen LogP contribution is 2.28. The molecule has 49 heavy (non-hydrogen) atoms. The first-order valence-corrected chi connectivity index (χ1v) is 17.2. The maximum Gasteiger partial charge on any atom is 0.408 e. The molecule has 0 saturated carbocycles. The molecule has 3 amide bonds. The number of amides is 3. The molecule has 260 valence electrons. The Morgan fingerprint density at radius 2 is 1.65 bits per heavy atom. The van der Waals surface area contributed by atoms with Crippen LogP contribution in [0.4, 0.5) is 10.5 Å². The smallest absolute Gasteiger partial charge is 0.408 e. The second kappa shape index (κ2) is 16.2. The molecule has 0 heterocycles. The van der Waals surface area contributed by atoms with Crippen molar-refractivity contribution in [3.05, 3.63) is 86.9 Å². The number of hydrogen-bond acceptors (Lipinski definition) is 9. The van der Waals surface area contributed by atoms with E-state index < -0.39 is 52.0 Å². The Kier molecular flexibility index (Phi) is 12.8. The predicted octanol–water partition coefficient (Wildman–Crippen LogP) is 6.17. The standard InChI is InChI=1S/C34H36Cl2N4O8S/c1-19(2)11-28(39-33(44)48-34(4,5)6)32(43)40-49(45,46)25-8-9-27(20(3)12-25)38-30(41)18-47-29-10-7-23(35)16-26(29)31(42)22-13-21(17-37)14-24(36)15-22/h7-10,12-16,19,28H,11,18H2,1-6H3,(H,38,41)(H,39,44)(H,40,43). The zero-order valence-corrected chi connectivity index (χ0v) is 30.0. The van der Waals surface area contributed by atoms with Crippen molar-refractivity contribution in [2.24, 2.45) is 5.92 Å². The lowest BCUT2D eigenvalue weighted by atomic mass is 10.0. The summed E-state index contributed by atoms with van der Waals surface area (Å²) in [6, 6.07) is 13.0. The number of sulfonamides is 1. The van der Waals surface area contributed by atoms with Crippen molar-refractivity contribution in [2.45, 2.75) is 64.5 Å². The van der Waals surface area contributed by atoms with E-state index in [2.05, 4.69) is 10.6 Å². The molecule has 3 aromatic carbocycles. The number of benzene rings is 3. The highest BCUT2D eigenvalue weighted by Gasteiger charge is 2.29. The average Bonchev–Trinajstić information content (AvgIpc) is 2.98. The molecule has 0 radical (unpaired) electrons. The Labute approximate surface area is 295 Å². The SMILES string of the molecule is Cc1cc(S(=O)(=O)NC(=O)C(CC(C)C)NC(=O)OC(C)(C)C)ccc1NC(=O)COc1ccc(Cl)cc1C(=O)c1cc(Cl)cc(C#N)c1. The van der Waals surface area contributed by atoms with Gasteiger partial charge in [0.25, 0.3) is 21.8 Å². The fourth-order valence-electron chi connectivity index (χ4n) is 4.43. The number of nitriles is 1. The van der Waals surface area contributed by atoms with Gasteiger partial charge >= 0.3 is 6.09 Å². The van der Waals surface area contributed by atoms with Crippen LogP contribution in [0.2, 0.25) is 10.0 Å². The maximum absolute atomic E-state index is 13.3. The van der Waals surface area contributed by atoms with Gasteiger partial charge in [0.05, 0.1) is 22.1 Å². The van der Waals surface area contributed by atoms with E-state index in [0.29, 0.717) is 5.56 Å². The van der Waals surface area contributed by atoms with Crippen LogP contribution in [0.5, 0.6) is 5.75 Å². The molecular weight excluding hydrogens is 695 g/mol. The monoisotopic (exact) mass is 730 g/mol. The average molecular weight is 732 g/mol. The van der Waals surface area contributed by atoms with E-state index >= 15 is 0 Å². The van der Waals surface area contributed by atoms with Crippen molar-refractivity contribution < 1.29 is 37.1 Å². The number of anilines is 1. The van der Waals surface area contributed by atoms with E-state index in [4.69, 9.17) is 32.7 Å². The van der Waals surface area contributed by atoms with Gasteiger partial charge in [0.2, 0.25) is 0 Å². The summed E-state index contributed by atoms with van der Waals surface area (Å²) in [5.74, 6) is -2.11. The topological polar surface area (TPSA) is 181 Å². The minimum Gasteiger partial charge on any atom is -0.483 e. The quantitative estimate of drug-likeness (QED) is 0.184. The number of ketones is 1. The normalized spacial score (nSPS) is 12.0. The number of halogens is 2. The molecule has 12 nitrogen and oxygen atoms in total. The number of nitrogens with zero attached hydrogens (tertiary/aromatic N) is 1. The van der Waals surface area contributed by atoms with E-state index in [9.17, 15) is 32.9 Å². The summed E-state index contributed by atoms with van der Waals surface area (Å²) in [5, 5.41) is 14.7. The van der Waals surface area contributed by atoms with Crippen LogP contribution < -0.4 is 20.1 Å². The molecule has 1 unspecified atom stereocenters. The predicted molar refractivity (Wildman–Crippen MR) is 184 cm³/mol. The van der Waals surface area contributed by atoms with Crippen LogP contribution >= 0.6 is 23.2 Å². The fourth-order valence-corrected chi connectivity index (χ4v) is 5.95. The van der Waals surface area contributed by atoms with Crippen LogP contribution in [0.25, 0.3) is 0 Å². The molecule has 0 bridgehead atoms. The van der Waals surface area contributed by atoms with Crippen molar-refractivity contribution in [1.29, 1.82) is 5.26 Å². The second-order valence-corrected chi connectivity index (χ2v) is 15.0. The Morgan fingerprint density at radius 1 is 0.959 bits per heavy atom. The lowest BCUT2D eigenvalue weighted by Gasteiger charge is -2.24. The molecule has 0 aromatic heterocycles. The van der Waals surface area contributed by atoms with Crippen LogP contribution in [-0.2, 0) is 24.3 Å². The Morgan fingerprint density at radius 3 is 2.27 bits per heavy atom.